The molecule has 92 valence electrons. The first-order valence-electron chi connectivity index (χ1n) is 6.26. The zero-order valence-corrected chi connectivity index (χ0v) is 10.2. The van der Waals surface area contributed by atoms with Gasteiger partial charge >= 0.3 is 5.97 Å². The number of rotatable bonds is 3. The summed E-state index contributed by atoms with van der Waals surface area (Å²) in [5.41, 5.74) is 1.35. The average molecular weight is 233 g/mol. The molecule has 1 N–H and O–H groups in total. The molecule has 3 nitrogen and oxygen atoms in total. The Morgan fingerprint density at radius 3 is 2.71 bits per heavy atom. The monoisotopic (exact) mass is 233 g/mol. The Hall–Kier alpha value is -1.35. The Morgan fingerprint density at radius 2 is 2.12 bits per heavy atom. The number of piperidine rings is 1. The molecule has 1 aromatic carbocycles. The lowest BCUT2D eigenvalue weighted by atomic mass is 9.89. The number of carbonyl (C=O) groups excluding carboxylic acids is 1. The van der Waals surface area contributed by atoms with Crippen molar-refractivity contribution in [1.29, 1.82) is 0 Å². The van der Waals surface area contributed by atoms with Gasteiger partial charge in [0.2, 0.25) is 0 Å². The van der Waals surface area contributed by atoms with Crippen molar-refractivity contribution in [3.05, 3.63) is 35.9 Å². The van der Waals surface area contributed by atoms with E-state index in [0.29, 0.717) is 12.5 Å². The van der Waals surface area contributed by atoms with Crippen LogP contribution in [0.5, 0.6) is 0 Å². The highest BCUT2D eigenvalue weighted by Crippen LogP contribution is 2.25. The topological polar surface area (TPSA) is 38.3 Å². The molecule has 2 atom stereocenters. The van der Waals surface area contributed by atoms with Crippen molar-refractivity contribution >= 4 is 5.97 Å². The van der Waals surface area contributed by atoms with E-state index < -0.39 is 0 Å². The van der Waals surface area contributed by atoms with E-state index in [1.54, 1.807) is 0 Å². The molecule has 1 aliphatic heterocycles. The van der Waals surface area contributed by atoms with Crippen molar-refractivity contribution in [2.75, 3.05) is 13.2 Å². The van der Waals surface area contributed by atoms with Gasteiger partial charge in [0.05, 0.1) is 6.61 Å². The summed E-state index contributed by atoms with van der Waals surface area (Å²) < 4.78 is 5.02. The lowest BCUT2D eigenvalue weighted by Gasteiger charge is -2.28. The van der Waals surface area contributed by atoms with Crippen molar-refractivity contribution in [3.63, 3.8) is 0 Å². The normalized spacial score (nSPS) is 24.3. The van der Waals surface area contributed by atoms with Crippen LogP contribution in [0.25, 0.3) is 0 Å². The maximum Gasteiger partial charge on any atom is 0.323 e. The van der Waals surface area contributed by atoms with E-state index >= 15 is 0 Å². The van der Waals surface area contributed by atoms with E-state index in [-0.39, 0.29) is 12.0 Å². The van der Waals surface area contributed by atoms with Crippen molar-refractivity contribution < 1.29 is 9.53 Å². The minimum Gasteiger partial charge on any atom is -0.465 e. The molecule has 0 spiro atoms. The summed E-state index contributed by atoms with van der Waals surface area (Å²) in [6, 6.07) is 10.3. The third kappa shape index (κ3) is 3.07. The van der Waals surface area contributed by atoms with Crippen molar-refractivity contribution in [3.8, 4) is 0 Å². The van der Waals surface area contributed by atoms with Crippen LogP contribution in [0.3, 0.4) is 0 Å². The first-order chi connectivity index (χ1) is 8.31. The molecular weight excluding hydrogens is 214 g/mol. The number of ether oxygens (including phenoxy) is 1. The minimum absolute atomic E-state index is 0.112. The van der Waals surface area contributed by atoms with Gasteiger partial charge in [-0.05, 0) is 31.2 Å². The van der Waals surface area contributed by atoms with Crippen molar-refractivity contribution in [2.24, 2.45) is 0 Å². The van der Waals surface area contributed by atoms with E-state index in [1.165, 1.54) is 5.56 Å². The molecule has 0 aliphatic carbocycles. The van der Waals surface area contributed by atoms with Crippen LogP contribution in [0.4, 0.5) is 0 Å². The van der Waals surface area contributed by atoms with E-state index in [1.807, 2.05) is 13.0 Å². The molecule has 1 aliphatic rings. The summed E-state index contributed by atoms with van der Waals surface area (Å²) >= 11 is 0. The lowest BCUT2D eigenvalue weighted by Crippen LogP contribution is -2.44. The molecule has 3 heteroatoms. The number of hydrogen-bond donors (Lipinski definition) is 1. The Labute approximate surface area is 102 Å². The fourth-order valence-electron chi connectivity index (χ4n) is 2.31. The predicted molar refractivity (Wildman–Crippen MR) is 66.8 cm³/mol. The summed E-state index contributed by atoms with van der Waals surface area (Å²) in [6.07, 6.45) is 1.90. The first kappa shape index (κ1) is 12.1. The van der Waals surface area contributed by atoms with Crippen LogP contribution >= 0.6 is 0 Å². The third-order valence-electron chi connectivity index (χ3n) is 3.26. The first-order valence-corrected chi connectivity index (χ1v) is 6.26. The molecule has 0 amide bonds. The summed E-state index contributed by atoms with van der Waals surface area (Å²) in [7, 11) is 0. The standard InChI is InChI=1S/C14H19NO2/c1-2-17-14(16)13-9-8-12(10-15-13)11-6-4-3-5-7-11/h3-7,12-13,15H,2,8-10H2,1H3. The summed E-state index contributed by atoms with van der Waals surface area (Å²) in [4.78, 5) is 11.6. The van der Waals surface area contributed by atoms with Gasteiger partial charge in [0.1, 0.15) is 6.04 Å². The average Bonchev–Trinajstić information content (AvgIpc) is 2.40. The van der Waals surface area contributed by atoms with Gasteiger partial charge in [-0.25, -0.2) is 0 Å². The number of hydrogen-bond acceptors (Lipinski definition) is 3. The zero-order chi connectivity index (χ0) is 12.1. The van der Waals surface area contributed by atoms with Crippen LogP contribution in [0, 0.1) is 0 Å². The van der Waals surface area contributed by atoms with Crippen LogP contribution in [0.2, 0.25) is 0 Å². The summed E-state index contributed by atoms with van der Waals surface area (Å²) in [6.45, 7) is 3.15. The predicted octanol–water partition coefficient (Wildman–Crippen LogP) is 2.09. The van der Waals surface area contributed by atoms with Crippen molar-refractivity contribution in [1.82, 2.24) is 5.32 Å². The quantitative estimate of drug-likeness (QED) is 0.812. The molecule has 1 heterocycles. The molecular formula is C14H19NO2. The summed E-state index contributed by atoms with van der Waals surface area (Å²) in [5.74, 6) is 0.404. The Kier molecular flexibility index (Phi) is 4.15. The molecule has 0 saturated carbocycles. The van der Waals surface area contributed by atoms with E-state index in [0.717, 1.165) is 19.4 Å². The maximum atomic E-state index is 11.6. The third-order valence-corrected chi connectivity index (χ3v) is 3.26. The van der Waals surface area contributed by atoms with Crippen molar-refractivity contribution in [2.45, 2.75) is 31.7 Å². The van der Waals surface area contributed by atoms with Gasteiger partial charge in [-0.2, -0.15) is 0 Å². The van der Waals surface area contributed by atoms with Gasteiger partial charge in [0.25, 0.3) is 0 Å². The van der Waals surface area contributed by atoms with E-state index in [2.05, 4.69) is 29.6 Å². The molecule has 1 fully saturated rings. The Bertz CT molecular complexity index is 356. The highest BCUT2D eigenvalue weighted by atomic mass is 16.5. The molecule has 0 radical (unpaired) electrons. The fourth-order valence-corrected chi connectivity index (χ4v) is 2.31. The highest BCUT2D eigenvalue weighted by Gasteiger charge is 2.27. The van der Waals surface area contributed by atoms with Crippen LogP contribution in [-0.2, 0) is 9.53 Å². The molecule has 2 unspecified atom stereocenters. The second kappa shape index (κ2) is 5.82. The maximum absolute atomic E-state index is 11.6. The van der Waals surface area contributed by atoms with Gasteiger partial charge in [-0.15, -0.1) is 0 Å². The second-order valence-corrected chi connectivity index (χ2v) is 4.40. The number of esters is 1. The number of nitrogens with one attached hydrogen (secondary N) is 1. The number of benzene rings is 1. The largest absolute Gasteiger partial charge is 0.465 e. The number of carbonyl (C=O) groups is 1. The second-order valence-electron chi connectivity index (χ2n) is 4.40. The zero-order valence-electron chi connectivity index (χ0n) is 10.2. The van der Waals surface area contributed by atoms with Gasteiger partial charge in [0, 0.05) is 6.54 Å². The summed E-state index contributed by atoms with van der Waals surface area (Å²) in [5, 5.41) is 3.28. The fraction of sp³-hybridized carbons (Fsp3) is 0.500. The minimum atomic E-state index is -0.116. The van der Waals surface area contributed by atoms with E-state index in [4.69, 9.17) is 4.74 Å². The lowest BCUT2D eigenvalue weighted by molar-refractivity contribution is -0.146. The highest BCUT2D eigenvalue weighted by molar-refractivity contribution is 5.75. The molecule has 0 bridgehead atoms. The van der Waals surface area contributed by atoms with Gasteiger partial charge < -0.3 is 10.1 Å². The molecule has 0 aromatic heterocycles. The Balaban J connectivity index is 1.88. The van der Waals surface area contributed by atoms with Crippen LogP contribution in [-0.4, -0.2) is 25.2 Å². The van der Waals surface area contributed by atoms with Gasteiger partial charge in [-0.3, -0.25) is 4.79 Å². The SMILES string of the molecule is CCOC(=O)C1CCC(c2ccccc2)CN1. The molecule has 1 aromatic rings. The Morgan fingerprint density at radius 1 is 1.35 bits per heavy atom. The van der Waals surface area contributed by atoms with Crippen LogP contribution in [0.15, 0.2) is 30.3 Å². The molecule has 1 saturated heterocycles. The van der Waals surface area contributed by atoms with Gasteiger partial charge in [-0.1, -0.05) is 30.3 Å². The van der Waals surface area contributed by atoms with Crippen LogP contribution in [0.1, 0.15) is 31.2 Å². The van der Waals surface area contributed by atoms with Crippen LogP contribution < -0.4 is 5.32 Å². The van der Waals surface area contributed by atoms with E-state index in [9.17, 15) is 4.79 Å². The molecule has 2 rings (SSSR count). The molecule has 17 heavy (non-hydrogen) atoms. The van der Waals surface area contributed by atoms with Gasteiger partial charge in [0.15, 0.2) is 0 Å². The smallest absolute Gasteiger partial charge is 0.323 e.